The van der Waals surface area contributed by atoms with Gasteiger partial charge in [0.05, 0.1) is 5.54 Å². The zero-order valence-corrected chi connectivity index (χ0v) is 12.7. The van der Waals surface area contributed by atoms with E-state index in [1.54, 1.807) is 0 Å². The minimum absolute atomic E-state index is 0.189. The van der Waals surface area contributed by atoms with Crippen molar-refractivity contribution in [1.82, 2.24) is 15.5 Å². The van der Waals surface area contributed by atoms with Gasteiger partial charge in [0.25, 0.3) is 0 Å². The maximum absolute atomic E-state index is 12.6. The van der Waals surface area contributed by atoms with Crippen molar-refractivity contribution in [1.29, 1.82) is 0 Å². The Morgan fingerprint density at radius 3 is 2.42 bits per heavy atom. The lowest BCUT2D eigenvalue weighted by Crippen LogP contribution is -2.61. The second-order valence-corrected chi connectivity index (χ2v) is 6.60. The first-order valence-corrected chi connectivity index (χ1v) is 7.78. The van der Waals surface area contributed by atoms with Crippen LogP contribution in [-0.4, -0.2) is 48.6 Å². The zero-order chi connectivity index (χ0) is 13.9. The molecule has 19 heavy (non-hydrogen) atoms. The molecule has 2 aliphatic rings. The first-order chi connectivity index (χ1) is 9.01. The molecule has 4 heteroatoms. The summed E-state index contributed by atoms with van der Waals surface area (Å²) in [6.45, 7) is 10.1. The number of hydrogen-bond donors (Lipinski definition) is 2. The molecular weight excluding hydrogens is 238 g/mol. The van der Waals surface area contributed by atoms with Crippen molar-refractivity contribution in [2.45, 2.75) is 58.0 Å². The van der Waals surface area contributed by atoms with E-state index in [9.17, 15) is 4.79 Å². The van der Waals surface area contributed by atoms with Crippen molar-refractivity contribution < 1.29 is 4.79 Å². The molecule has 1 atom stereocenters. The lowest BCUT2D eigenvalue weighted by atomic mass is 9.96. The SMILES string of the molecule is CC(NC(=O)C(C)(C)N1CCNCC1)C1CCCC1. The Balaban J connectivity index is 1.89. The van der Waals surface area contributed by atoms with Gasteiger partial charge in [0.2, 0.25) is 5.91 Å². The fourth-order valence-corrected chi connectivity index (χ4v) is 3.33. The second kappa shape index (κ2) is 6.23. The van der Waals surface area contributed by atoms with Crippen LogP contribution in [0, 0.1) is 5.92 Å². The first kappa shape index (κ1) is 14.8. The van der Waals surface area contributed by atoms with Crippen LogP contribution in [0.3, 0.4) is 0 Å². The normalized spacial score (nSPS) is 24.4. The van der Waals surface area contributed by atoms with Gasteiger partial charge in [-0.15, -0.1) is 0 Å². The molecule has 0 aromatic carbocycles. The van der Waals surface area contributed by atoms with Crippen LogP contribution in [0.25, 0.3) is 0 Å². The Hall–Kier alpha value is -0.610. The van der Waals surface area contributed by atoms with Crippen molar-refractivity contribution in [2.24, 2.45) is 5.92 Å². The van der Waals surface area contributed by atoms with Gasteiger partial charge in [-0.25, -0.2) is 0 Å². The molecule has 0 spiro atoms. The summed E-state index contributed by atoms with van der Waals surface area (Å²) in [6.07, 6.45) is 5.20. The van der Waals surface area contributed by atoms with E-state index in [0.717, 1.165) is 26.2 Å². The molecule has 2 N–H and O–H groups in total. The van der Waals surface area contributed by atoms with Gasteiger partial charge in [0.15, 0.2) is 0 Å². The molecule has 110 valence electrons. The van der Waals surface area contributed by atoms with Gasteiger partial charge in [-0.3, -0.25) is 9.69 Å². The maximum atomic E-state index is 12.6. The lowest BCUT2D eigenvalue weighted by Gasteiger charge is -2.40. The van der Waals surface area contributed by atoms with Gasteiger partial charge in [0, 0.05) is 32.2 Å². The number of amides is 1. The van der Waals surface area contributed by atoms with E-state index in [2.05, 4.69) is 36.3 Å². The van der Waals surface area contributed by atoms with E-state index in [1.807, 2.05) is 0 Å². The van der Waals surface area contributed by atoms with Crippen molar-refractivity contribution in [3.05, 3.63) is 0 Å². The Labute approximate surface area is 117 Å². The monoisotopic (exact) mass is 267 g/mol. The van der Waals surface area contributed by atoms with Gasteiger partial charge in [-0.2, -0.15) is 0 Å². The topological polar surface area (TPSA) is 44.4 Å². The highest BCUT2D eigenvalue weighted by Crippen LogP contribution is 2.28. The van der Waals surface area contributed by atoms with Crippen molar-refractivity contribution in [3.8, 4) is 0 Å². The molecule has 1 aliphatic heterocycles. The van der Waals surface area contributed by atoms with E-state index < -0.39 is 5.54 Å². The van der Waals surface area contributed by atoms with Gasteiger partial charge < -0.3 is 10.6 Å². The number of carbonyl (C=O) groups is 1. The smallest absolute Gasteiger partial charge is 0.240 e. The molecule has 1 saturated heterocycles. The molecule has 0 bridgehead atoms. The van der Waals surface area contributed by atoms with E-state index in [0.29, 0.717) is 12.0 Å². The summed E-state index contributed by atoms with van der Waals surface area (Å²) in [5, 5.41) is 6.60. The third-order valence-electron chi connectivity index (χ3n) is 4.93. The summed E-state index contributed by atoms with van der Waals surface area (Å²) >= 11 is 0. The van der Waals surface area contributed by atoms with Crippen LogP contribution in [0.5, 0.6) is 0 Å². The zero-order valence-electron chi connectivity index (χ0n) is 12.7. The molecule has 1 amide bonds. The summed E-state index contributed by atoms with van der Waals surface area (Å²) in [5.41, 5.74) is -0.394. The number of rotatable bonds is 4. The Bertz CT molecular complexity index is 305. The van der Waals surface area contributed by atoms with Crippen molar-refractivity contribution in [2.75, 3.05) is 26.2 Å². The standard InChI is InChI=1S/C15H29N3O/c1-12(13-6-4-5-7-13)17-14(19)15(2,3)18-10-8-16-9-11-18/h12-13,16H,4-11H2,1-3H3,(H,17,19). The fraction of sp³-hybridized carbons (Fsp3) is 0.933. The summed E-state index contributed by atoms with van der Waals surface area (Å²) in [4.78, 5) is 14.8. The highest BCUT2D eigenvalue weighted by atomic mass is 16.2. The van der Waals surface area contributed by atoms with Crippen LogP contribution >= 0.6 is 0 Å². The highest BCUT2D eigenvalue weighted by molar-refractivity contribution is 5.85. The Morgan fingerprint density at radius 1 is 1.26 bits per heavy atom. The van der Waals surface area contributed by atoms with Crippen LogP contribution in [0.15, 0.2) is 0 Å². The van der Waals surface area contributed by atoms with Gasteiger partial charge >= 0.3 is 0 Å². The quantitative estimate of drug-likeness (QED) is 0.808. The van der Waals surface area contributed by atoms with Crippen molar-refractivity contribution >= 4 is 5.91 Å². The molecule has 0 radical (unpaired) electrons. The third-order valence-corrected chi connectivity index (χ3v) is 4.93. The third kappa shape index (κ3) is 3.48. The molecule has 0 aromatic rings. The molecule has 2 rings (SSSR count). The number of nitrogens with zero attached hydrogens (tertiary/aromatic N) is 1. The largest absolute Gasteiger partial charge is 0.352 e. The van der Waals surface area contributed by atoms with Gasteiger partial charge in [-0.05, 0) is 39.5 Å². The lowest BCUT2D eigenvalue weighted by molar-refractivity contribution is -0.133. The summed E-state index contributed by atoms with van der Waals surface area (Å²) in [6, 6.07) is 0.317. The summed E-state index contributed by atoms with van der Waals surface area (Å²) in [5.74, 6) is 0.872. The van der Waals surface area contributed by atoms with E-state index in [-0.39, 0.29) is 5.91 Å². The molecule has 0 aromatic heterocycles. The summed E-state index contributed by atoms with van der Waals surface area (Å²) < 4.78 is 0. The number of carbonyl (C=O) groups excluding carboxylic acids is 1. The summed E-state index contributed by atoms with van der Waals surface area (Å²) in [7, 11) is 0. The van der Waals surface area contributed by atoms with Crippen LogP contribution in [0.4, 0.5) is 0 Å². The van der Waals surface area contributed by atoms with Crippen LogP contribution in [-0.2, 0) is 4.79 Å². The fourth-order valence-electron chi connectivity index (χ4n) is 3.33. The number of piperazine rings is 1. The number of nitrogens with one attached hydrogen (secondary N) is 2. The molecule has 1 saturated carbocycles. The Kier molecular flexibility index (Phi) is 4.85. The predicted molar refractivity (Wildman–Crippen MR) is 78.1 cm³/mol. The minimum Gasteiger partial charge on any atom is -0.352 e. The molecular formula is C15H29N3O. The maximum Gasteiger partial charge on any atom is 0.240 e. The Morgan fingerprint density at radius 2 is 1.84 bits per heavy atom. The minimum atomic E-state index is -0.394. The van der Waals surface area contributed by atoms with E-state index >= 15 is 0 Å². The van der Waals surface area contributed by atoms with E-state index in [4.69, 9.17) is 0 Å². The number of hydrogen-bond acceptors (Lipinski definition) is 3. The molecule has 1 unspecified atom stereocenters. The molecule has 2 fully saturated rings. The average molecular weight is 267 g/mol. The second-order valence-electron chi connectivity index (χ2n) is 6.60. The van der Waals surface area contributed by atoms with Gasteiger partial charge in [-0.1, -0.05) is 12.8 Å². The average Bonchev–Trinajstić information content (AvgIpc) is 2.93. The van der Waals surface area contributed by atoms with Crippen LogP contribution < -0.4 is 10.6 Å². The molecule has 1 heterocycles. The van der Waals surface area contributed by atoms with Crippen LogP contribution in [0.1, 0.15) is 46.5 Å². The van der Waals surface area contributed by atoms with E-state index in [1.165, 1.54) is 25.7 Å². The molecule has 1 aliphatic carbocycles. The van der Waals surface area contributed by atoms with Crippen molar-refractivity contribution in [3.63, 3.8) is 0 Å². The van der Waals surface area contributed by atoms with Gasteiger partial charge in [0.1, 0.15) is 0 Å². The first-order valence-electron chi connectivity index (χ1n) is 7.78. The molecule has 4 nitrogen and oxygen atoms in total. The predicted octanol–water partition coefficient (Wildman–Crippen LogP) is 1.37. The van der Waals surface area contributed by atoms with Crippen LogP contribution in [0.2, 0.25) is 0 Å². The highest BCUT2D eigenvalue weighted by Gasteiger charge is 2.36.